The number of carbonyl (C=O) groups excluding carboxylic acids is 2. The van der Waals surface area contributed by atoms with Gasteiger partial charge in [-0.25, -0.2) is 0 Å². The van der Waals surface area contributed by atoms with Crippen LogP contribution in [-0.4, -0.2) is 73.9 Å². The van der Waals surface area contributed by atoms with Gasteiger partial charge in [0.05, 0.1) is 31.2 Å². The Morgan fingerprint density at radius 2 is 2.07 bits per heavy atom. The van der Waals surface area contributed by atoms with Gasteiger partial charge in [-0.1, -0.05) is 6.07 Å². The van der Waals surface area contributed by atoms with Gasteiger partial charge in [0.1, 0.15) is 5.54 Å². The van der Waals surface area contributed by atoms with E-state index in [0.717, 1.165) is 11.1 Å². The van der Waals surface area contributed by atoms with E-state index in [1.165, 1.54) is 4.90 Å². The van der Waals surface area contributed by atoms with E-state index in [1.807, 2.05) is 17.0 Å². The van der Waals surface area contributed by atoms with Crippen molar-refractivity contribution in [3.8, 4) is 0 Å². The Kier molecular flexibility index (Phi) is 4.08. The molecule has 0 bridgehead atoms. The predicted octanol–water partition coefficient (Wildman–Crippen LogP) is 0.233. The van der Waals surface area contributed by atoms with Crippen LogP contribution in [0.4, 0.5) is 0 Å². The van der Waals surface area contributed by atoms with E-state index < -0.39 is 17.7 Å². The number of nitrogens with zero attached hydrogens (tertiary/aromatic N) is 4. The van der Waals surface area contributed by atoms with Gasteiger partial charge in [-0.2, -0.15) is 0 Å². The zero-order chi connectivity index (χ0) is 19.3. The topological polar surface area (TPSA) is 90.1 Å². The molecule has 1 N–H and O–H groups in total. The molecular formula is C20H22N4O4. The zero-order valence-corrected chi connectivity index (χ0v) is 15.4. The number of aliphatic hydroxyl groups is 1. The second kappa shape index (κ2) is 6.51. The number of rotatable bonds is 4. The average Bonchev–Trinajstić information content (AvgIpc) is 3.31. The number of pyridine rings is 1. The predicted molar refractivity (Wildman–Crippen MR) is 97.6 cm³/mol. The van der Waals surface area contributed by atoms with Gasteiger partial charge in [-0.3, -0.25) is 29.3 Å². The second-order valence-corrected chi connectivity index (χ2v) is 7.96. The van der Waals surface area contributed by atoms with Gasteiger partial charge in [-0.05, 0) is 24.1 Å². The lowest BCUT2D eigenvalue weighted by molar-refractivity contribution is -0.181. The molecule has 2 aromatic heterocycles. The summed E-state index contributed by atoms with van der Waals surface area (Å²) in [6, 6.07) is 5.13. The minimum absolute atomic E-state index is 0.171. The molecule has 0 saturated carbocycles. The fraction of sp³-hybridized carbons (Fsp3) is 0.450. The van der Waals surface area contributed by atoms with Crippen molar-refractivity contribution < 1.29 is 19.1 Å². The van der Waals surface area contributed by atoms with Crippen LogP contribution in [-0.2, 0) is 22.7 Å². The largest absolute Gasteiger partial charge is 0.472 e. The molecule has 2 amide bonds. The van der Waals surface area contributed by atoms with Gasteiger partial charge in [-0.15, -0.1) is 0 Å². The van der Waals surface area contributed by atoms with Crippen molar-refractivity contribution in [3.05, 3.63) is 54.2 Å². The van der Waals surface area contributed by atoms with Gasteiger partial charge in [0.25, 0.3) is 5.91 Å². The number of β-amino-alcohol motifs (C(OH)–C–C–N with tert-alkyl or cyclic N) is 1. The molecule has 3 fully saturated rings. The highest BCUT2D eigenvalue weighted by Gasteiger charge is 2.64. The number of aromatic nitrogens is 1. The van der Waals surface area contributed by atoms with Crippen LogP contribution in [0.2, 0.25) is 0 Å². The maximum atomic E-state index is 13.5. The summed E-state index contributed by atoms with van der Waals surface area (Å²) in [6.45, 7) is 2.36. The van der Waals surface area contributed by atoms with Crippen molar-refractivity contribution in [2.24, 2.45) is 0 Å². The number of amides is 2. The van der Waals surface area contributed by atoms with E-state index in [9.17, 15) is 14.7 Å². The van der Waals surface area contributed by atoms with Crippen molar-refractivity contribution in [3.63, 3.8) is 0 Å². The molecule has 0 radical (unpaired) electrons. The van der Waals surface area contributed by atoms with Crippen LogP contribution in [0.25, 0.3) is 0 Å². The van der Waals surface area contributed by atoms with Crippen molar-refractivity contribution in [2.75, 3.05) is 19.6 Å². The van der Waals surface area contributed by atoms with E-state index in [0.29, 0.717) is 32.6 Å². The van der Waals surface area contributed by atoms with Gasteiger partial charge < -0.3 is 9.52 Å². The Balaban J connectivity index is 1.41. The number of aliphatic hydroxyl groups excluding tert-OH is 1. The van der Waals surface area contributed by atoms with Crippen LogP contribution in [0.15, 0.2) is 47.5 Å². The fourth-order valence-electron chi connectivity index (χ4n) is 4.76. The summed E-state index contributed by atoms with van der Waals surface area (Å²) < 4.78 is 5.13. The summed E-state index contributed by atoms with van der Waals surface area (Å²) in [6.07, 6.45) is 6.47. The number of carbonyl (C=O) groups is 2. The van der Waals surface area contributed by atoms with Crippen molar-refractivity contribution in [1.82, 2.24) is 19.7 Å². The number of piperazine rings is 1. The van der Waals surface area contributed by atoms with Crippen LogP contribution >= 0.6 is 0 Å². The summed E-state index contributed by atoms with van der Waals surface area (Å²) in [5, 5.41) is 10.2. The molecule has 1 spiro atoms. The summed E-state index contributed by atoms with van der Waals surface area (Å²) >= 11 is 0. The molecule has 0 aliphatic carbocycles. The summed E-state index contributed by atoms with van der Waals surface area (Å²) in [7, 11) is 0. The fourth-order valence-corrected chi connectivity index (χ4v) is 4.76. The third kappa shape index (κ3) is 2.68. The monoisotopic (exact) mass is 382 g/mol. The van der Waals surface area contributed by atoms with Crippen LogP contribution in [0.5, 0.6) is 0 Å². The third-order valence-corrected chi connectivity index (χ3v) is 6.04. The molecule has 0 aromatic carbocycles. The third-order valence-electron chi connectivity index (χ3n) is 6.04. The first-order valence-corrected chi connectivity index (χ1v) is 9.50. The number of hydrogen-bond acceptors (Lipinski definition) is 7. The molecule has 146 valence electrons. The van der Waals surface area contributed by atoms with Gasteiger partial charge in [0.15, 0.2) is 0 Å². The van der Waals surface area contributed by atoms with Crippen molar-refractivity contribution in [2.45, 2.75) is 37.2 Å². The molecule has 2 atom stereocenters. The van der Waals surface area contributed by atoms with E-state index in [2.05, 4.69) is 9.88 Å². The van der Waals surface area contributed by atoms with E-state index in [4.69, 9.17) is 4.42 Å². The molecule has 3 saturated heterocycles. The van der Waals surface area contributed by atoms with Crippen molar-refractivity contribution in [1.29, 1.82) is 0 Å². The minimum atomic E-state index is -0.748. The smallest absolute Gasteiger partial charge is 0.252 e. The SMILES string of the molecule is O=C1[C@@H]2C[C@@H](O)CN2C2(CN(Cc3ccoc3)C2)C(=O)N1Cc1cccnc1. The molecule has 8 nitrogen and oxygen atoms in total. The molecule has 8 heteroatoms. The lowest BCUT2D eigenvalue weighted by Gasteiger charge is -2.58. The molecule has 2 aromatic rings. The normalized spacial score (nSPS) is 27.2. The number of furan rings is 1. The molecule has 5 rings (SSSR count). The molecule has 3 aliphatic heterocycles. The van der Waals surface area contributed by atoms with Gasteiger partial charge in [0.2, 0.25) is 5.91 Å². The molecule has 5 heterocycles. The first-order chi connectivity index (χ1) is 13.6. The second-order valence-electron chi connectivity index (χ2n) is 7.96. The zero-order valence-electron chi connectivity index (χ0n) is 15.4. The Bertz CT molecular complexity index is 879. The van der Waals surface area contributed by atoms with E-state index in [-0.39, 0.29) is 18.4 Å². The first-order valence-electron chi connectivity index (χ1n) is 9.50. The molecule has 0 unspecified atom stereocenters. The Morgan fingerprint density at radius 1 is 1.21 bits per heavy atom. The maximum Gasteiger partial charge on any atom is 0.252 e. The highest BCUT2D eigenvalue weighted by molar-refractivity contribution is 6.06. The summed E-state index contributed by atoms with van der Waals surface area (Å²) in [5.41, 5.74) is 1.13. The van der Waals surface area contributed by atoms with Crippen LogP contribution in [0.3, 0.4) is 0 Å². The highest BCUT2D eigenvalue weighted by atomic mass is 16.3. The van der Waals surface area contributed by atoms with Gasteiger partial charge >= 0.3 is 0 Å². The van der Waals surface area contributed by atoms with E-state index >= 15 is 0 Å². The standard InChI is InChI=1S/C20H22N4O4/c25-16-6-17-18(26)23(9-14-2-1-4-21-7-14)19(27)20(24(17)10-16)12-22(13-20)8-15-3-5-28-11-15/h1-5,7,11,16-17,25H,6,8-10,12-13H2/t16-,17+/m1/s1. The molecular weight excluding hydrogens is 360 g/mol. The maximum absolute atomic E-state index is 13.5. The number of imide groups is 1. The molecule has 3 aliphatic rings. The number of likely N-dealkylation sites (tertiary alicyclic amines) is 1. The summed E-state index contributed by atoms with van der Waals surface area (Å²) in [5.74, 6) is -0.389. The Morgan fingerprint density at radius 3 is 2.79 bits per heavy atom. The Labute approximate surface area is 162 Å². The van der Waals surface area contributed by atoms with Crippen molar-refractivity contribution >= 4 is 11.8 Å². The number of hydrogen-bond donors (Lipinski definition) is 1. The lowest BCUT2D eigenvalue weighted by Crippen LogP contribution is -2.81. The Hall–Kier alpha value is -2.55. The summed E-state index contributed by atoms with van der Waals surface area (Å²) in [4.78, 5) is 36.1. The number of fused-ring (bicyclic) bond motifs is 2. The lowest BCUT2D eigenvalue weighted by atomic mass is 9.82. The molecule has 28 heavy (non-hydrogen) atoms. The highest BCUT2D eigenvalue weighted by Crippen LogP contribution is 2.41. The first kappa shape index (κ1) is 17.5. The average molecular weight is 382 g/mol. The van der Waals surface area contributed by atoms with Crippen LogP contribution in [0, 0.1) is 0 Å². The van der Waals surface area contributed by atoms with Crippen LogP contribution < -0.4 is 0 Å². The van der Waals surface area contributed by atoms with E-state index in [1.54, 1.807) is 31.0 Å². The minimum Gasteiger partial charge on any atom is -0.472 e. The van der Waals surface area contributed by atoms with Gasteiger partial charge in [0, 0.05) is 44.1 Å². The quantitative estimate of drug-likeness (QED) is 0.757. The van der Waals surface area contributed by atoms with Crippen LogP contribution in [0.1, 0.15) is 17.5 Å².